The number of aliphatic hydroxyl groups excluding tert-OH is 3. The van der Waals surface area contributed by atoms with E-state index in [1.54, 1.807) is 6.92 Å². The Balaban J connectivity index is -0.000000175. The summed E-state index contributed by atoms with van der Waals surface area (Å²) < 4.78 is 0. The molecule has 0 aliphatic heterocycles. The Labute approximate surface area is 222 Å². The summed E-state index contributed by atoms with van der Waals surface area (Å²) in [6.45, 7) is -3.07. The molecule has 0 unspecified atom stereocenters. The van der Waals surface area contributed by atoms with Crippen molar-refractivity contribution in [3.63, 3.8) is 0 Å². The molecule has 0 aromatic carbocycles. The van der Waals surface area contributed by atoms with Crippen molar-refractivity contribution >= 4 is 0 Å². The molecule has 0 bridgehead atoms. The highest BCUT2D eigenvalue weighted by Crippen LogP contribution is 2.21. The molecule has 0 aromatic heterocycles. The maximum atomic E-state index is 10.1. The first-order valence-electron chi connectivity index (χ1n) is 8.96. The summed E-state index contributed by atoms with van der Waals surface area (Å²) in [6, 6.07) is 0. The van der Waals surface area contributed by atoms with Crippen LogP contribution in [0.4, 0.5) is 0 Å². The predicted octanol–water partition coefficient (Wildman–Crippen LogP) is -3.27. The Morgan fingerprint density at radius 1 is 0.488 bits per heavy atom. The van der Waals surface area contributed by atoms with Crippen LogP contribution in [0.15, 0.2) is 0 Å². The largest absolute Gasteiger partial charge is 0.396 e. The second kappa shape index (κ2) is 25.9. The molecule has 0 atom stereocenters. The average Bonchev–Trinajstić information content (AvgIpc) is 2.81. The van der Waals surface area contributed by atoms with Crippen LogP contribution in [0.3, 0.4) is 0 Å². The molecule has 31 heteroatoms. The Kier molecular flexibility index (Phi) is 28.6. The van der Waals surface area contributed by atoms with E-state index in [9.17, 15) is 40.5 Å². The number of hydrogen-bond acceptors (Lipinski definition) is 21. The molecule has 0 saturated carbocycles. The van der Waals surface area contributed by atoms with E-state index in [4.69, 9.17) is 61.3 Å². The average molecular weight is 625 g/mol. The zero-order valence-electron chi connectivity index (χ0n) is 20.1. The van der Waals surface area contributed by atoms with Crippen LogP contribution in [-0.4, -0.2) is 113 Å². The third-order valence-electron chi connectivity index (χ3n) is 3.05. The standard InChI is InChI=1S/C5H8N4O12.C5H12O3.3HNO3/c10-6(11)18-1-5(2-19-7(12)13,3-20-8(14)15)4-21-9(16)17;1-5(2-6,3-7)4-8;3*2-1(3)4/h1-4H2;6-8H,2-4H2,1H3;3*(H,2,3,4). The van der Waals surface area contributed by atoms with Gasteiger partial charge in [-0.2, -0.15) is 0 Å². The first-order valence-corrected chi connectivity index (χ1v) is 8.96. The first-order chi connectivity index (χ1) is 18.5. The molecule has 6 N–H and O–H groups in total. The van der Waals surface area contributed by atoms with Gasteiger partial charge < -0.3 is 50.3 Å². The van der Waals surface area contributed by atoms with E-state index >= 15 is 0 Å². The van der Waals surface area contributed by atoms with E-state index in [1.807, 2.05) is 0 Å². The fourth-order valence-corrected chi connectivity index (χ4v) is 1.16. The third-order valence-corrected chi connectivity index (χ3v) is 3.05. The lowest BCUT2D eigenvalue weighted by molar-refractivity contribution is -0.792. The van der Waals surface area contributed by atoms with Crippen LogP contribution >= 0.6 is 0 Å². The molecule has 0 amide bonds. The third kappa shape index (κ3) is 48.0. The predicted molar refractivity (Wildman–Crippen MR) is 110 cm³/mol. The molecule has 0 aromatic rings. The van der Waals surface area contributed by atoms with Gasteiger partial charge in [-0.1, -0.05) is 6.92 Å². The minimum Gasteiger partial charge on any atom is -0.396 e. The van der Waals surface area contributed by atoms with Gasteiger partial charge in [-0.05, 0) is 0 Å². The molecule has 0 fully saturated rings. The molecule has 0 aliphatic rings. The van der Waals surface area contributed by atoms with Gasteiger partial charge >= 0.3 is 0 Å². The van der Waals surface area contributed by atoms with Gasteiger partial charge in [-0.15, -0.1) is 70.8 Å². The van der Waals surface area contributed by atoms with Gasteiger partial charge in [0.25, 0.3) is 35.6 Å². The van der Waals surface area contributed by atoms with E-state index in [0.717, 1.165) is 0 Å². The quantitative estimate of drug-likeness (QED) is 0.0767. The first kappa shape index (κ1) is 45.2. The van der Waals surface area contributed by atoms with Crippen molar-refractivity contribution in [1.29, 1.82) is 0 Å². The number of rotatable bonds is 15. The van der Waals surface area contributed by atoms with Gasteiger partial charge in [0.05, 0.1) is 25.2 Å². The molecule has 41 heavy (non-hydrogen) atoms. The Bertz CT molecular complexity index is 677. The van der Waals surface area contributed by atoms with Crippen LogP contribution in [0.5, 0.6) is 0 Å². The molecular weight excluding hydrogens is 602 g/mol. The maximum Gasteiger partial charge on any atom is 0.294 e. The van der Waals surface area contributed by atoms with Gasteiger partial charge in [0.2, 0.25) is 0 Å². The fourth-order valence-electron chi connectivity index (χ4n) is 1.16. The highest BCUT2D eigenvalue weighted by atomic mass is 17.0. The summed E-state index contributed by atoms with van der Waals surface area (Å²) in [6.07, 6.45) is 0. The minimum absolute atomic E-state index is 0.181. The molecular formula is C10H23N7O24. The monoisotopic (exact) mass is 625 g/mol. The Morgan fingerprint density at radius 2 is 0.634 bits per heavy atom. The summed E-state index contributed by atoms with van der Waals surface area (Å²) in [7, 11) is 0. The van der Waals surface area contributed by atoms with Crippen LogP contribution < -0.4 is 0 Å². The van der Waals surface area contributed by atoms with Gasteiger partial charge in [0, 0.05) is 5.41 Å². The molecule has 31 nitrogen and oxygen atoms in total. The summed E-state index contributed by atoms with van der Waals surface area (Å²) in [5.74, 6) is 0. The molecule has 0 aliphatic carbocycles. The summed E-state index contributed by atoms with van der Waals surface area (Å²) in [5, 5.41) is 102. The second-order valence-electron chi connectivity index (χ2n) is 6.49. The highest BCUT2D eigenvalue weighted by Gasteiger charge is 2.37. The number of aliphatic hydroxyl groups is 3. The van der Waals surface area contributed by atoms with E-state index in [1.165, 1.54) is 0 Å². The Morgan fingerprint density at radius 3 is 0.707 bits per heavy atom. The van der Waals surface area contributed by atoms with Gasteiger partial charge in [0.15, 0.2) is 0 Å². The summed E-state index contributed by atoms with van der Waals surface area (Å²) >= 11 is 0. The van der Waals surface area contributed by atoms with Gasteiger partial charge in [-0.25, -0.2) is 0 Å². The number of hydrogen-bond donors (Lipinski definition) is 6. The molecule has 0 radical (unpaired) electrons. The normalized spacial score (nSPS) is 9.37. The number of nitrogens with zero attached hydrogens (tertiary/aromatic N) is 7. The zero-order chi connectivity index (χ0) is 33.8. The zero-order valence-corrected chi connectivity index (χ0v) is 20.1. The van der Waals surface area contributed by atoms with Crippen molar-refractivity contribution in [1.82, 2.24) is 0 Å². The van der Waals surface area contributed by atoms with Gasteiger partial charge in [0.1, 0.15) is 26.4 Å². The molecule has 0 saturated heterocycles. The van der Waals surface area contributed by atoms with Crippen molar-refractivity contribution in [3.8, 4) is 0 Å². The van der Waals surface area contributed by atoms with Crippen molar-refractivity contribution < 1.29 is 85.9 Å². The van der Waals surface area contributed by atoms with Crippen molar-refractivity contribution in [2.45, 2.75) is 6.92 Å². The topological polar surface area (TPSA) is 460 Å². The molecule has 0 spiro atoms. The smallest absolute Gasteiger partial charge is 0.294 e. The SMILES string of the molecule is CC(CO)(CO)CO.O=[N+]([O-])O.O=[N+]([O-])O.O=[N+]([O-])O.O=[N+]([O-])OCC(CO[N+](=O)[O-])(CO[N+](=O)[O-])CO[N+](=O)[O-]. The van der Waals surface area contributed by atoms with Crippen LogP contribution in [0.25, 0.3) is 0 Å². The minimum atomic E-state index is -2.03. The lowest BCUT2D eigenvalue weighted by Gasteiger charge is -2.28. The molecule has 0 heterocycles. The van der Waals surface area contributed by atoms with E-state index in [-0.39, 0.29) is 19.8 Å². The molecule has 0 rings (SSSR count). The van der Waals surface area contributed by atoms with Crippen LogP contribution in [0.1, 0.15) is 6.92 Å². The highest BCUT2D eigenvalue weighted by molar-refractivity contribution is 4.77. The van der Waals surface area contributed by atoms with Crippen LogP contribution in [-0.2, 0) is 19.4 Å². The maximum absolute atomic E-state index is 10.1. The summed E-state index contributed by atoms with van der Waals surface area (Å²) in [4.78, 5) is 81.2. The molecule has 242 valence electrons. The second-order valence-corrected chi connectivity index (χ2v) is 6.49. The van der Waals surface area contributed by atoms with Gasteiger partial charge in [-0.3, -0.25) is 0 Å². The summed E-state index contributed by atoms with van der Waals surface area (Å²) in [5.41, 5.74) is -2.74. The lowest BCUT2D eigenvalue weighted by atomic mass is 9.92. The van der Waals surface area contributed by atoms with Crippen molar-refractivity contribution in [3.05, 3.63) is 70.8 Å². The van der Waals surface area contributed by atoms with Crippen molar-refractivity contribution in [2.75, 3.05) is 46.2 Å². The fraction of sp³-hybridized carbons (Fsp3) is 1.00. The van der Waals surface area contributed by atoms with Crippen LogP contribution in [0, 0.1) is 81.6 Å². The van der Waals surface area contributed by atoms with E-state index in [0.29, 0.717) is 0 Å². The Hall–Kier alpha value is -5.72. The van der Waals surface area contributed by atoms with Crippen molar-refractivity contribution in [2.24, 2.45) is 10.8 Å². The lowest BCUT2D eigenvalue weighted by Crippen LogP contribution is -2.43. The van der Waals surface area contributed by atoms with Crippen LogP contribution in [0.2, 0.25) is 0 Å². The van der Waals surface area contributed by atoms with E-state index < -0.39 is 72.9 Å². The van der Waals surface area contributed by atoms with E-state index in [2.05, 4.69) is 19.4 Å².